The summed E-state index contributed by atoms with van der Waals surface area (Å²) in [6, 6.07) is -1.51. The van der Waals surface area contributed by atoms with Gasteiger partial charge in [-0.2, -0.15) is 11.8 Å². The second-order valence-corrected chi connectivity index (χ2v) is 6.95. The highest BCUT2D eigenvalue weighted by Crippen LogP contribution is 2.06. The minimum Gasteiger partial charge on any atom is -0.480 e. The van der Waals surface area contributed by atoms with Crippen LogP contribution >= 0.6 is 11.8 Å². The third-order valence-corrected chi connectivity index (χ3v) is 3.81. The molecule has 2 unspecified atom stereocenters. The molecular weight excluding hydrogens is 348 g/mol. The van der Waals surface area contributed by atoms with Gasteiger partial charge in [0.2, 0.25) is 17.7 Å². The Morgan fingerprint density at radius 3 is 2.24 bits per heavy atom. The number of amides is 3. The van der Waals surface area contributed by atoms with E-state index >= 15 is 0 Å². The monoisotopic (exact) mass is 376 g/mol. The number of thioether (sulfide) groups is 1. The summed E-state index contributed by atoms with van der Waals surface area (Å²) in [6.45, 7) is 2.92. The van der Waals surface area contributed by atoms with E-state index in [1.165, 1.54) is 0 Å². The van der Waals surface area contributed by atoms with Gasteiger partial charge in [0.05, 0.1) is 12.6 Å². The molecule has 0 aliphatic carbocycles. The average Bonchev–Trinajstić information content (AvgIpc) is 2.54. The van der Waals surface area contributed by atoms with Crippen LogP contribution in [0.15, 0.2) is 0 Å². The molecule has 0 aliphatic heterocycles. The van der Waals surface area contributed by atoms with Crippen molar-refractivity contribution >= 4 is 35.5 Å². The van der Waals surface area contributed by atoms with Crippen LogP contribution in [0.2, 0.25) is 0 Å². The summed E-state index contributed by atoms with van der Waals surface area (Å²) < 4.78 is 0. The van der Waals surface area contributed by atoms with Crippen LogP contribution in [0.4, 0.5) is 0 Å². The minimum atomic E-state index is -1.18. The van der Waals surface area contributed by atoms with Crippen LogP contribution in [0.5, 0.6) is 0 Å². The smallest absolute Gasteiger partial charge is 0.322 e. The van der Waals surface area contributed by atoms with Gasteiger partial charge in [-0.3, -0.25) is 19.2 Å². The molecular formula is C15H28N4O5S. The summed E-state index contributed by atoms with van der Waals surface area (Å²) >= 11 is 1.58. The fraction of sp³-hybridized carbons (Fsp3) is 0.733. The number of nitrogens with one attached hydrogen (secondary N) is 3. The van der Waals surface area contributed by atoms with Crippen LogP contribution in [-0.4, -0.2) is 66.0 Å². The summed E-state index contributed by atoms with van der Waals surface area (Å²) in [7, 11) is 0. The maximum Gasteiger partial charge on any atom is 0.322 e. The first kappa shape index (κ1) is 23.2. The van der Waals surface area contributed by atoms with Crippen molar-refractivity contribution in [1.29, 1.82) is 0 Å². The molecule has 0 saturated heterocycles. The molecule has 144 valence electrons. The Hall–Kier alpha value is -1.81. The Morgan fingerprint density at radius 2 is 1.72 bits per heavy atom. The fourth-order valence-corrected chi connectivity index (χ4v) is 2.37. The van der Waals surface area contributed by atoms with Crippen LogP contribution < -0.4 is 21.7 Å². The molecule has 9 nitrogen and oxygen atoms in total. The topological polar surface area (TPSA) is 151 Å². The minimum absolute atomic E-state index is 0.138. The standard InChI is InChI=1S/C15H28N4O5S/c1-9(2)6-11(19-14(23)10(16)4-5-25-3)15(24)18-7-12(20)17-8-13(21)22/h9-11H,4-8,16H2,1-3H3,(H,17,20)(H,18,24)(H,19,23)(H,21,22). The van der Waals surface area contributed by atoms with Crippen molar-refractivity contribution in [2.24, 2.45) is 11.7 Å². The van der Waals surface area contributed by atoms with Crippen LogP contribution in [-0.2, 0) is 19.2 Å². The van der Waals surface area contributed by atoms with Crippen molar-refractivity contribution in [3.63, 3.8) is 0 Å². The summed E-state index contributed by atoms with van der Waals surface area (Å²) in [5.41, 5.74) is 5.80. The lowest BCUT2D eigenvalue weighted by atomic mass is 10.0. The summed E-state index contributed by atoms with van der Waals surface area (Å²) in [4.78, 5) is 46.1. The maximum atomic E-state index is 12.2. The molecule has 2 atom stereocenters. The first-order valence-electron chi connectivity index (χ1n) is 7.98. The molecule has 0 aromatic rings. The summed E-state index contributed by atoms with van der Waals surface area (Å²) in [5.74, 6) is -1.85. The SMILES string of the molecule is CSCCC(N)C(=O)NC(CC(C)C)C(=O)NCC(=O)NCC(=O)O. The Bertz CT molecular complexity index is 473. The summed E-state index contributed by atoms with van der Waals surface area (Å²) in [6.07, 6.45) is 2.80. The van der Waals surface area contributed by atoms with Gasteiger partial charge < -0.3 is 26.8 Å². The van der Waals surface area contributed by atoms with Crippen molar-refractivity contribution in [2.75, 3.05) is 25.1 Å². The molecule has 0 aromatic heterocycles. The van der Waals surface area contributed by atoms with Gasteiger partial charge in [-0.1, -0.05) is 13.8 Å². The molecule has 0 aliphatic rings. The lowest BCUT2D eigenvalue weighted by molar-refractivity contribution is -0.138. The molecule has 6 N–H and O–H groups in total. The Balaban J connectivity index is 4.58. The van der Waals surface area contributed by atoms with Gasteiger partial charge in [0.1, 0.15) is 12.6 Å². The zero-order valence-electron chi connectivity index (χ0n) is 14.8. The van der Waals surface area contributed by atoms with Crippen LogP contribution in [0.3, 0.4) is 0 Å². The normalized spacial score (nSPS) is 13.0. The predicted octanol–water partition coefficient (Wildman–Crippen LogP) is -1.09. The molecule has 0 bridgehead atoms. The molecule has 3 amide bonds. The molecule has 0 heterocycles. The van der Waals surface area contributed by atoms with Gasteiger partial charge in [-0.05, 0) is 30.8 Å². The molecule has 10 heteroatoms. The van der Waals surface area contributed by atoms with E-state index in [9.17, 15) is 19.2 Å². The van der Waals surface area contributed by atoms with Crippen molar-refractivity contribution in [2.45, 2.75) is 38.8 Å². The zero-order chi connectivity index (χ0) is 19.4. The van der Waals surface area contributed by atoms with Gasteiger partial charge in [-0.25, -0.2) is 0 Å². The van der Waals surface area contributed by atoms with Gasteiger partial charge in [-0.15, -0.1) is 0 Å². The molecule has 25 heavy (non-hydrogen) atoms. The number of rotatable bonds is 12. The Morgan fingerprint density at radius 1 is 1.08 bits per heavy atom. The predicted molar refractivity (Wildman–Crippen MR) is 96.0 cm³/mol. The number of nitrogens with two attached hydrogens (primary N) is 1. The highest BCUT2D eigenvalue weighted by Gasteiger charge is 2.24. The van der Waals surface area contributed by atoms with Crippen molar-refractivity contribution in [1.82, 2.24) is 16.0 Å². The third kappa shape index (κ3) is 11.4. The Kier molecular flexibility index (Phi) is 11.6. The zero-order valence-corrected chi connectivity index (χ0v) is 15.6. The Labute approximate surface area is 151 Å². The van der Waals surface area contributed by atoms with Gasteiger partial charge in [0.25, 0.3) is 0 Å². The van der Waals surface area contributed by atoms with E-state index in [2.05, 4.69) is 16.0 Å². The van der Waals surface area contributed by atoms with Crippen LogP contribution in [0.25, 0.3) is 0 Å². The highest BCUT2D eigenvalue weighted by atomic mass is 32.2. The fourth-order valence-electron chi connectivity index (χ4n) is 1.88. The number of carboxylic acid groups (broad SMARTS) is 1. The second-order valence-electron chi connectivity index (χ2n) is 5.97. The van der Waals surface area contributed by atoms with E-state index in [1.54, 1.807) is 11.8 Å². The van der Waals surface area contributed by atoms with E-state index in [0.29, 0.717) is 12.8 Å². The van der Waals surface area contributed by atoms with E-state index in [0.717, 1.165) is 5.75 Å². The highest BCUT2D eigenvalue weighted by molar-refractivity contribution is 7.98. The molecule has 0 fully saturated rings. The number of carbonyl (C=O) groups is 4. The lowest BCUT2D eigenvalue weighted by Gasteiger charge is -2.22. The number of aliphatic carboxylic acids is 1. The first-order chi connectivity index (χ1) is 11.7. The summed E-state index contributed by atoms with van der Waals surface area (Å²) in [5, 5.41) is 15.6. The lowest BCUT2D eigenvalue weighted by Crippen LogP contribution is -2.53. The van der Waals surface area contributed by atoms with Crippen molar-refractivity contribution < 1.29 is 24.3 Å². The van der Waals surface area contributed by atoms with Crippen LogP contribution in [0, 0.1) is 5.92 Å². The van der Waals surface area contributed by atoms with Crippen molar-refractivity contribution in [3.8, 4) is 0 Å². The number of carboxylic acids is 1. The van der Waals surface area contributed by atoms with Crippen LogP contribution in [0.1, 0.15) is 26.7 Å². The maximum absolute atomic E-state index is 12.2. The van der Waals surface area contributed by atoms with Gasteiger partial charge in [0.15, 0.2) is 0 Å². The number of carbonyl (C=O) groups excluding carboxylic acids is 3. The first-order valence-corrected chi connectivity index (χ1v) is 9.37. The molecule has 0 aromatic carbocycles. The molecule has 0 spiro atoms. The van der Waals surface area contributed by atoms with Gasteiger partial charge in [0, 0.05) is 0 Å². The molecule has 0 radical (unpaired) electrons. The second kappa shape index (κ2) is 12.5. The van der Waals surface area contributed by atoms with Crippen molar-refractivity contribution in [3.05, 3.63) is 0 Å². The van der Waals surface area contributed by atoms with E-state index in [1.807, 2.05) is 20.1 Å². The van der Waals surface area contributed by atoms with E-state index < -0.39 is 42.3 Å². The number of hydrogen-bond donors (Lipinski definition) is 5. The quantitative estimate of drug-likeness (QED) is 0.290. The average molecular weight is 376 g/mol. The third-order valence-electron chi connectivity index (χ3n) is 3.17. The molecule has 0 saturated carbocycles. The molecule has 0 rings (SSSR count). The van der Waals surface area contributed by atoms with E-state index in [-0.39, 0.29) is 12.5 Å². The van der Waals surface area contributed by atoms with Gasteiger partial charge >= 0.3 is 5.97 Å². The number of hydrogen-bond acceptors (Lipinski definition) is 6. The van der Waals surface area contributed by atoms with E-state index in [4.69, 9.17) is 10.8 Å². The largest absolute Gasteiger partial charge is 0.480 e.